The Morgan fingerprint density at radius 1 is 1.12 bits per heavy atom. The fraction of sp³-hybridized carbons (Fsp3) is 0.278. The number of nitrogen functional groups attached to an aromatic ring is 1. The van der Waals surface area contributed by atoms with Gasteiger partial charge in [-0.3, -0.25) is 4.79 Å². The molecule has 0 saturated heterocycles. The Balaban J connectivity index is 0.00000338. The molecule has 0 bridgehead atoms. The van der Waals surface area contributed by atoms with Crippen molar-refractivity contribution >= 4 is 24.0 Å². The predicted octanol–water partition coefficient (Wildman–Crippen LogP) is 4.18. The van der Waals surface area contributed by atoms with Crippen LogP contribution in [0, 0.1) is 0 Å². The van der Waals surface area contributed by atoms with Crippen molar-refractivity contribution < 1.29 is 22.7 Å². The van der Waals surface area contributed by atoms with E-state index in [1.807, 2.05) is 18.2 Å². The second-order valence-electron chi connectivity index (χ2n) is 5.64. The van der Waals surface area contributed by atoms with Crippen LogP contribution in [0.3, 0.4) is 0 Å². The molecule has 0 heterocycles. The summed E-state index contributed by atoms with van der Waals surface area (Å²) in [5.74, 6) is -0.358. The highest BCUT2D eigenvalue weighted by molar-refractivity contribution is 5.85. The van der Waals surface area contributed by atoms with Gasteiger partial charge in [-0.05, 0) is 35.7 Å². The number of nitrogens with two attached hydrogens (primary N) is 1. The number of amides is 1. The van der Waals surface area contributed by atoms with E-state index in [-0.39, 0.29) is 24.1 Å². The van der Waals surface area contributed by atoms with Gasteiger partial charge in [0.05, 0.1) is 0 Å². The fourth-order valence-corrected chi connectivity index (χ4v) is 2.35. The molecule has 2 aromatic carbocycles. The van der Waals surface area contributed by atoms with Crippen molar-refractivity contribution in [1.82, 2.24) is 4.90 Å². The Kier molecular flexibility index (Phi) is 7.76. The lowest BCUT2D eigenvalue weighted by Gasteiger charge is -2.18. The minimum atomic E-state index is -4.71. The number of carbonyl (C=O) groups is 1. The Labute approximate surface area is 156 Å². The van der Waals surface area contributed by atoms with E-state index < -0.39 is 6.36 Å². The summed E-state index contributed by atoms with van der Waals surface area (Å²) in [6, 6.07) is 12.8. The van der Waals surface area contributed by atoms with Crippen LogP contribution in [0.2, 0.25) is 0 Å². The molecular formula is C18H20ClF3N2O2. The first-order chi connectivity index (χ1) is 11.7. The first-order valence-electron chi connectivity index (χ1n) is 7.66. The van der Waals surface area contributed by atoms with Crippen LogP contribution in [0.1, 0.15) is 17.5 Å². The molecule has 0 fully saturated rings. The van der Waals surface area contributed by atoms with Crippen molar-refractivity contribution in [3.05, 3.63) is 59.7 Å². The summed E-state index contributed by atoms with van der Waals surface area (Å²) < 4.78 is 40.2. The predicted molar refractivity (Wildman–Crippen MR) is 96.0 cm³/mol. The number of alkyl halides is 3. The topological polar surface area (TPSA) is 55.6 Å². The van der Waals surface area contributed by atoms with Gasteiger partial charge in [0.2, 0.25) is 5.91 Å². The molecule has 0 spiro atoms. The zero-order chi connectivity index (χ0) is 18.4. The van der Waals surface area contributed by atoms with Gasteiger partial charge < -0.3 is 15.4 Å². The molecule has 0 aliphatic carbocycles. The van der Waals surface area contributed by atoms with Crippen LogP contribution in [0.15, 0.2) is 48.5 Å². The molecule has 2 rings (SSSR count). The molecule has 1 amide bonds. The monoisotopic (exact) mass is 388 g/mol. The van der Waals surface area contributed by atoms with Crippen LogP contribution in [0.25, 0.3) is 0 Å². The van der Waals surface area contributed by atoms with Crippen LogP contribution in [-0.4, -0.2) is 24.2 Å². The summed E-state index contributed by atoms with van der Waals surface area (Å²) in [6.45, 7) is 0.301. The third-order valence-corrected chi connectivity index (χ3v) is 3.67. The van der Waals surface area contributed by atoms with Gasteiger partial charge in [0.25, 0.3) is 0 Å². The number of nitrogens with zero attached hydrogens (tertiary/aromatic N) is 1. The Morgan fingerprint density at radius 2 is 1.73 bits per heavy atom. The van der Waals surface area contributed by atoms with Gasteiger partial charge in [0.15, 0.2) is 0 Å². The van der Waals surface area contributed by atoms with Crippen molar-refractivity contribution in [1.29, 1.82) is 0 Å². The Bertz CT molecular complexity index is 721. The summed E-state index contributed by atoms with van der Waals surface area (Å²) in [5.41, 5.74) is 8.13. The van der Waals surface area contributed by atoms with E-state index in [2.05, 4.69) is 4.74 Å². The molecule has 0 aliphatic rings. The third kappa shape index (κ3) is 6.84. The van der Waals surface area contributed by atoms with Crippen molar-refractivity contribution in [2.45, 2.75) is 25.7 Å². The first kappa shape index (κ1) is 21.6. The van der Waals surface area contributed by atoms with Crippen molar-refractivity contribution in [2.75, 3.05) is 12.8 Å². The van der Waals surface area contributed by atoms with Crippen LogP contribution in [-0.2, 0) is 17.8 Å². The molecule has 8 heteroatoms. The van der Waals surface area contributed by atoms with E-state index in [0.717, 1.165) is 5.56 Å². The standard InChI is InChI=1S/C18H19F3N2O2.ClH/c1-23(17(24)11-8-14-4-2-3-5-16(14)22)12-13-6-9-15(10-7-13)25-18(19,20)21;/h2-7,9-10H,8,11-12,22H2,1H3;1H. The largest absolute Gasteiger partial charge is 0.573 e. The number of carbonyl (C=O) groups excluding carboxylic acids is 1. The Hall–Kier alpha value is -2.41. The van der Waals surface area contributed by atoms with E-state index >= 15 is 0 Å². The molecule has 26 heavy (non-hydrogen) atoms. The summed E-state index contributed by atoms with van der Waals surface area (Å²) in [6.07, 6.45) is -3.87. The molecular weight excluding hydrogens is 369 g/mol. The van der Waals surface area contributed by atoms with Crippen molar-refractivity contribution in [3.8, 4) is 5.75 Å². The second kappa shape index (κ2) is 9.33. The van der Waals surface area contributed by atoms with Gasteiger partial charge in [0, 0.05) is 25.7 Å². The van der Waals surface area contributed by atoms with Crippen LogP contribution < -0.4 is 10.5 Å². The van der Waals surface area contributed by atoms with Crippen molar-refractivity contribution in [2.24, 2.45) is 0 Å². The maximum absolute atomic E-state index is 12.2. The van der Waals surface area contributed by atoms with Gasteiger partial charge in [-0.15, -0.1) is 25.6 Å². The molecule has 0 saturated carbocycles. The number of anilines is 1. The number of para-hydroxylation sites is 1. The highest BCUT2D eigenvalue weighted by Crippen LogP contribution is 2.23. The maximum atomic E-state index is 12.2. The SMILES string of the molecule is CN(Cc1ccc(OC(F)(F)F)cc1)C(=O)CCc1ccccc1N.Cl. The zero-order valence-electron chi connectivity index (χ0n) is 14.1. The molecule has 142 valence electrons. The number of ether oxygens (including phenoxy) is 1. The van der Waals surface area contributed by atoms with E-state index in [0.29, 0.717) is 30.6 Å². The quantitative estimate of drug-likeness (QED) is 0.755. The van der Waals surface area contributed by atoms with Gasteiger partial charge in [-0.25, -0.2) is 0 Å². The summed E-state index contributed by atoms with van der Waals surface area (Å²) in [5, 5.41) is 0. The van der Waals surface area contributed by atoms with Crippen molar-refractivity contribution in [3.63, 3.8) is 0 Å². The number of hydrogen-bond acceptors (Lipinski definition) is 3. The lowest BCUT2D eigenvalue weighted by Crippen LogP contribution is -2.26. The molecule has 0 radical (unpaired) electrons. The number of hydrogen-bond donors (Lipinski definition) is 1. The summed E-state index contributed by atoms with van der Waals surface area (Å²) in [4.78, 5) is 13.7. The normalized spacial score (nSPS) is 10.8. The number of benzene rings is 2. The molecule has 0 atom stereocenters. The lowest BCUT2D eigenvalue weighted by molar-refractivity contribution is -0.274. The van der Waals surface area contributed by atoms with E-state index in [4.69, 9.17) is 5.73 Å². The first-order valence-corrected chi connectivity index (χ1v) is 7.66. The van der Waals surface area contributed by atoms with Gasteiger partial charge in [0.1, 0.15) is 5.75 Å². The minimum Gasteiger partial charge on any atom is -0.406 e. The minimum absolute atomic E-state index is 0. The van der Waals surface area contributed by atoms with E-state index in [1.54, 1.807) is 13.1 Å². The van der Waals surface area contributed by atoms with E-state index in [1.165, 1.54) is 29.2 Å². The second-order valence-corrected chi connectivity index (χ2v) is 5.64. The van der Waals surface area contributed by atoms with Gasteiger partial charge in [-0.2, -0.15) is 0 Å². The molecule has 2 aromatic rings. The molecule has 0 aliphatic heterocycles. The smallest absolute Gasteiger partial charge is 0.406 e. The number of halogens is 4. The number of aryl methyl sites for hydroxylation is 1. The maximum Gasteiger partial charge on any atom is 0.573 e. The van der Waals surface area contributed by atoms with Gasteiger partial charge in [-0.1, -0.05) is 30.3 Å². The molecule has 0 aromatic heterocycles. The fourth-order valence-electron chi connectivity index (χ4n) is 2.35. The van der Waals surface area contributed by atoms with Gasteiger partial charge >= 0.3 is 6.36 Å². The van der Waals surface area contributed by atoms with Crippen LogP contribution >= 0.6 is 12.4 Å². The lowest BCUT2D eigenvalue weighted by atomic mass is 10.1. The summed E-state index contributed by atoms with van der Waals surface area (Å²) in [7, 11) is 1.65. The highest BCUT2D eigenvalue weighted by atomic mass is 35.5. The van der Waals surface area contributed by atoms with Crippen LogP contribution in [0.5, 0.6) is 5.75 Å². The van der Waals surface area contributed by atoms with E-state index in [9.17, 15) is 18.0 Å². The zero-order valence-corrected chi connectivity index (χ0v) is 14.9. The average Bonchev–Trinajstić information content (AvgIpc) is 2.54. The average molecular weight is 389 g/mol. The molecule has 0 unspecified atom stereocenters. The third-order valence-electron chi connectivity index (χ3n) is 3.67. The molecule has 4 nitrogen and oxygen atoms in total. The number of rotatable bonds is 6. The van der Waals surface area contributed by atoms with Crippen LogP contribution in [0.4, 0.5) is 18.9 Å². The highest BCUT2D eigenvalue weighted by Gasteiger charge is 2.30. The molecule has 2 N–H and O–H groups in total. The Morgan fingerprint density at radius 3 is 2.31 bits per heavy atom. The summed E-state index contributed by atoms with van der Waals surface area (Å²) >= 11 is 0.